The summed E-state index contributed by atoms with van der Waals surface area (Å²) in [6.07, 6.45) is 2.77. The lowest BCUT2D eigenvalue weighted by Crippen LogP contribution is -2.42. The fraction of sp³-hybridized carbons (Fsp3) is 0.324. The van der Waals surface area contributed by atoms with Gasteiger partial charge in [-0.15, -0.1) is 0 Å². The second-order valence-corrected chi connectivity index (χ2v) is 11.3. The van der Waals surface area contributed by atoms with Crippen LogP contribution in [0.3, 0.4) is 0 Å². The summed E-state index contributed by atoms with van der Waals surface area (Å²) < 4.78 is 21.2. The molecule has 0 aromatic heterocycles. The van der Waals surface area contributed by atoms with Gasteiger partial charge in [-0.1, -0.05) is 30.3 Å². The molecule has 0 spiro atoms. The normalized spacial score (nSPS) is 16.6. The summed E-state index contributed by atoms with van der Waals surface area (Å²) in [5.74, 6) is -0.629. The first-order valence-corrected chi connectivity index (χ1v) is 14.6. The number of likely N-dealkylation sites (N-methyl/N-ethyl adjacent to an activating group) is 2. The van der Waals surface area contributed by atoms with Crippen LogP contribution in [0.2, 0.25) is 0 Å². The molecule has 1 atom stereocenters. The number of hydrogen-bond donors (Lipinski definition) is 3. The molecule has 0 radical (unpaired) electrons. The van der Waals surface area contributed by atoms with Crippen LogP contribution in [0.5, 0.6) is 5.75 Å². The van der Waals surface area contributed by atoms with Gasteiger partial charge >= 0.3 is 0 Å². The molecule has 1 fully saturated rings. The van der Waals surface area contributed by atoms with Gasteiger partial charge < -0.3 is 30.5 Å². The lowest BCUT2D eigenvalue weighted by atomic mass is 9.90. The van der Waals surface area contributed by atoms with Crippen molar-refractivity contribution in [1.29, 1.82) is 0 Å². The predicted molar refractivity (Wildman–Crippen MR) is 168 cm³/mol. The Hall–Kier alpha value is -4.70. The molecule has 10 heteroatoms. The summed E-state index contributed by atoms with van der Waals surface area (Å²) in [5, 5.41) is 9.11. The lowest BCUT2D eigenvalue weighted by Gasteiger charge is -2.23. The van der Waals surface area contributed by atoms with Gasteiger partial charge in [0, 0.05) is 57.1 Å². The Labute approximate surface area is 257 Å². The van der Waals surface area contributed by atoms with Crippen molar-refractivity contribution in [2.24, 2.45) is 0 Å². The van der Waals surface area contributed by atoms with E-state index in [9.17, 15) is 14.4 Å². The topological polar surface area (TPSA) is 103 Å². The maximum absolute atomic E-state index is 15.6. The summed E-state index contributed by atoms with van der Waals surface area (Å²) in [6.45, 7) is 5.11. The predicted octanol–water partition coefficient (Wildman–Crippen LogP) is 4.34. The van der Waals surface area contributed by atoms with Crippen molar-refractivity contribution in [3.63, 3.8) is 0 Å². The molecule has 230 valence electrons. The van der Waals surface area contributed by atoms with Crippen molar-refractivity contribution >= 4 is 23.4 Å². The van der Waals surface area contributed by atoms with Crippen LogP contribution >= 0.6 is 0 Å². The zero-order valence-corrected chi connectivity index (χ0v) is 25.7. The largest absolute Gasteiger partial charge is 0.496 e. The third-order valence-electron chi connectivity index (χ3n) is 8.60. The van der Waals surface area contributed by atoms with E-state index in [4.69, 9.17) is 4.74 Å². The standard InChI is InChI=1S/C34H38FN5O4/c1-20-24(22-14-29(35)27(31(15-22)44-5)17-36-16-23-12-13-32(41)40(23)4)8-6-9-25(20)26-10-7-11-30(21(26)2)38-33(42)28-18-37-19-39(3)34(28)43/h6-11,14-15,18,23,36-37H,12-13,16-17,19H2,1-5H3,(H,38,42)/t23-/m0/s1. The number of carbonyl (C=O) groups is 3. The monoisotopic (exact) mass is 599 g/mol. The second-order valence-electron chi connectivity index (χ2n) is 11.3. The third-order valence-corrected chi connectivity index (χ3v) is 8.60. The first-order valence-electron chi connectivity index (χ1n) is 14.6. The maximum Gasteiger partial charge on any atom is 0.262 e. The van der Waals surface area contributed by atoms with Gasteiger partial charge in [0.1, 0.15) is 17.1 Å². The molecule has 9 nitrogen and oxygen atoms in total. The minimum Gasteiger partial charge on any atom is -0.496 e. The van der Waals surface area contributed by atoms with Crippen molar-refractivity contribution in [3.05, 3.63) is 82.8 Å². The minimum atomic E-state index is -0.485. The fourth-order valence-corrected chi connectivity index (χ4v) is 5.87. The highest BCUT2D eigenvalue weighted by molar-refractivity contribution is 6.23. The highest BCUT2D eigenvalue weighted by Gasteiger charge is 2.28. The zero-order chi connectivity index (χ0) is 31.5. The number of anilines is 1. The Bertz CT molecular complexity index is 1650. The van der Waals surface area contributed by atoms with Gasteiger partial charge in [0.15, 0.2) is 0 Å². The Morgan fingerprint density at radius 2 is 1.75 bits per heavy atom. The minimum absolute atomic E-state index is 0.0392. The van der Waals surface area contributed by atoms with E-state index < -0.39 is 5.91 Å². The third kappa shape index (κ3) is 6.03. The van der Waals surface area contributed by atoms with Crippen LogP contribution in [0.1, 0.15) is 29.5 Å². The second kappa shape index (κ2) is 12.9. The molecule has 0 saturated carbocycles. The molecule has 0 unspecified atom stereocenters. The Kier molecular flexibility index (Phi) is 9.01. The van der Waals surface area contributed by atoms with Gasteiger partial charge in [0.05, 0.1) is 13.8 Å². The fourth-order valence-electron chi connectivity index (χ4n) is 5.87. The van der Waals surface area contributed by atoms with E-state index in [1.807, 2.05) is 50.2 Å². The van der Waals surface area contributed by atoms with Gasteiger partial charge in [-0.2, -0.15) is 0 Å². The van der Waals surface area contributed by atoms with E-state index in [2.05, 4.69) is 16.0 Å². The number of hydrogen-bond acceptors (Lipinski definition) is 6. The number of benzene rings is 3. The number of rotatable bonds is 9. The molecule has 2 aliphatic rings. The molecule has 3 amide bonds. The van der Waals surface area contributed by atoms with Crippen LogP contribution in [0.15, 0.2) is 60.3 Å². The van der Waals surface area contributed by atoms with E-state index in [1.54, 1.807) is 25.1 Å². The average molecular weight is 600 g/mol. The molecule has 3 aromatic rings. The van der Waals surface area contributed by atoms with Crippen LogP contribution < -0.4 is 20.7 Å². The molecule has 1 saturated heterocycles. The van der Waals surface area contributed by atoms with Crippen LogP contribution in [0.25, 0.3) is 22.3 Å². The van der Waals surface area contributed by atoms with E-state index in [0.29, 0.717) is 42.2 Å². The van der Waals surface area contributed by atoms with Crippen molar-refractivity contribution in [1.82, 2.24) is 20.4 Å². The number of methoxy groups -OCH3 is 1. The number of halogens is 1. The number of carbonyl (C=O) groups excluding carboxylic acids is 3. The van der Waals surface area contributed by atoms with Gasteiger partial charge in [-0.25, -0.2) is 4.39 Å². The van der Waals surface area contributed by atoms with Crippen molar-refractivity contribution in [2.45, 2.75) is 39.3 Å². The first kappa shape index (κ1) is 30.7. The summed E-state index contributed by atoms with van der Waals surface area (Å²) in [7, 11) is 4.96. The summed E-state index contributed by atoms with van der Waals surface area (Å²) in [5.41, 5.74) is 6.23. The average Bonchev–Trinajstić information content (AvgIpc) is 3.32. The van der Waals surface area contributed by atoms with E-state index in [-0.39, 0.29) is 35.8 Å². The van der Waals surface area contributed by atoms with E-state index in [0.717, 1.165) is 34.2 Å². The molecule has 2 aliphatic heterocycles. The molecule has 0 bridgehead atoms. The van der Waals surface area contributed by atoms with Crippen LogP contribution in [-0.2, 0) is 20.9 Å². The van der Waals surface area contributed by atoms with Crippen molar-refractivity contribution < 1.29 is 23.5 Å². The maximum atomic E-state index is 15.6. The number of nitrogens with zero attached hydrogens (tertiary/aromatic N) is 2. The summed E-state index contributed by atoms with van der Waals surface area (Å²) in [6, 6.07) is 15.0. The number of amides is 3. The van der Waals surface area contributed by atoms with Crippen LogP contribution in [0.4, 0.5) is 10.1 Å². The van der Waals surface area contributed by atoms with Crippen LogP contribution in [-0.4, -0.2) is 68.0 Å². The molecular weight excluding hydrogens is 561 g/mol. The summed E-state index contributed by atoms with van der Waals surface area (Å²) in [4.78, 5) is 40.5. The van der Waals surface area contributed by atoms with Gasteiger partial charge in [-0.3, -0.25) is 14.4 Å². The first-order chi connectivity index (χ1) is 21.1. The molecule has 3 N–H and O–H groups in total. The zero-order valence-electron chi connectivity index (χ0n) is 25.7. The van der Waals surface area contributed by atoms with Crippen molar-refractivity contribution in [2.75, 3.05) is 39.7 Å². The van der Waals surface area contributed by atoms with Gasteiger partial charge in [0.25, 0.3) is 11.8 Å². The highest BCUT2D eigenvalue weighted by Crippen LogP contribution is 2.37. The Morgan fingerprint density at radius 3 is 2.45 bits per heavy atom. The highest BCUT2D eigenvalue weighted by atomic mass is 19.1. The molecule has 0 aliphatic carbocycles. The number of nitrogens with one attached hydrogen (secondary N) is 3. The molecule has 44 heavy (non-hydrogen) atoms. The molecular formula is C34H38FN5O4. The molecule has 3 aromatic carbocycles. The SMILES string of the molecule is COc1cc(-c2cccc(-c3cccc(NC(=O)C4=CNCN(C)C4=O)c3C)c2C)cc(F)c1CNC[C@@H]1CCC(=O)N1C. The van der Waals surface area contributed by atoms with Crippen LogP contribution in [0, 0.1) is 19.7 Å². The Morgan fingerprint density at radius 1 is 1.05 bits per heavy atom. The quantitative estimate of drug-likeness (QED) is 0.317. The molecule has 5 rings (SSSR count). The van der Waals surface area contributed by atoms with Gasteiger partial charge in [0.2, 0.25) is 5.91 Å². The number of likely N-dealkylation sites (tertiary alicyclic amines) is 1. The van der Waals surface area contributed by atoms with Gasteiger partial charge in [-0.05, 0) is 71.8 Å². The smallest absolute Gasteiger partial charge is 0.262 e. The molecule has 2 heterocycles. The van der Waals surface area contributed by atoms with E-state index in [1.165, 1.54) is 24.3 Å². The lowest BCUT2D eigenvalue weighted by molar-refractivity contribution is -0.129. The number of ether oxygens (including phenoxy) is 1. The summed E-state index contributed by atoms with van der Waals surface area (Å²) >= 11 is 0. The Balaban J connectivity index is 1.39. The van der Waals surface area contributed by atoms with Crippen molar-refractivity contribution in [3.8, 4) is 28.0 Å². The van der Waals surface area contributed by atoms with E-state index >= 15 is 4.39 Å².